The predicted molar refractivity (Wildman–Crippen MR) is 64.8 cm³/mol. The highest BCUT2D eigenvalue weighted by Gasteiger charge is 2.66. The molecule has 0 aromatic heterocycles. The van der Waals surface area contributed by atoms with Crippen molar-refractivity contribution in [2.45, 2.75) is 38.1 Å². The molecule has 4 aliphatic carbocycles. The highest BCUT2D eigenvalue weighted by atomic mass is 16.4. The molecule has 5 nitrogen and oxygen atoms in total. The van der Waals surface area contributed by atoms with E-state index in [0.717, 1.165) is 23.7 Å². The molecule has 0 radical (unpaired) electrons. The predicted octanol–water partition coefficient (Wildman–Crippen LogP) is 0.674. The average molecular weight is 249 g/mol. The molecule has 0 spiro atoms. The smallest absolute Gasteiger partial charge is 0.234 e. The van der Waals surface area contributed by atoms with Gasteiger partial charge in [0.25, 0.3) is 0 Å². The summed E-state index contributed by atoms with van der Waals surface area (Å²) in [7, 11) is 0. The van der Waals surface area contributed by atoms with Crippen molar-refractivity contribution in [3.63, 3.8) is 0 Å². The molecule has 2 bridgehead atoms. The van der Waals surface area contributed by atoms with E-state index >= 15 is 0 Å². The molecule has 0 heterocycles. The molecule has 4 fully saturated rings. The maximum atomic E-state index is 12.3. The van der Waals surface area contributed by atoms with Crippen LogP contribution in [-0.2, 0) is 4.79 Å². The van der Waals surface area contributed by atoms with Gasteiger partial charge in [-0.15, -0.1) is 0 Å². The lowest BCUT2D eigenvalue weighted by Gasteiger charge is -2.16. The summed E-state index contributed by atoms with van der Waals surface area (Å²) in [6, 6.07) is 0.382. The number of nitrogens with two attached hydrogens (primary N) is 1. The zero-order chi connectivity index (χ0) is 12.5. The van der Waals surface area contributed by atoms with Crippen LogP contribution >= 0.6 is 0 Å². The van der Waals surface area contributed by atoms with Crippen LogP contribution in [0.1, 0.15) is 32.1 Å². The highest BCUT2D eigenvalue weighted by Crippen LogP contribution is 2.65. The van der Waals surface area contributed by atoms with Crippen molar-refractivity contribution in [3.8, 4) is 0 Å². The fourth-order valence-electron chi connectivity index (χ4n) is 4.63. The Morgan fingerprint density at radius 2 is 1.89 bits per heavy atom. The molecule has 98 valence electrons. The van der Waals surface area contributed by atoms with E-state index < -0.39 is 5.41 Å². The molecule has 4 unspecified atom stereocenters. The lowest BCUT2D eigenvalue weighted by molar-refractivity contribution is -0.124. The van der Waals surface area contributed by atoms with Gasteiger partial charge in [0, 0.05) is 6.04 Å². The molecule has 0 aromatic carbocycles. The lowest BCUT2D eigenvalue weighted by Crippen LogP contribution is -2.42. The number of amidine groups is 1. The van der Waals surface area contributed by atoms with Gasteiger partial charge in [-0.05, 0) is 55.8 Å². The molecule has 4 rings (SSSR count). The van der Waals surface area contributed by atoms with Gasteiger partial charge in [0.2, 0.25) is 5.91 Å². The minimum absolute atomic E-state index is 0.0170. The van der Waals surface area contributed by atoms with Crippen LogP contribution in [0.25, 0.3) is 0 Å². The van der Waals surface area contributed by atoms with Crippen LogP contribution in [-0.4, -0.2) is 23.0 Å². The summed E-state index contributed by atoms with van der Waals surface area (Å²) in [4.78, 5) is 12.3. The first-order chi connectivity index (χ1) is 8.67. The number of nitrogens with one attached hydrogen (secondary N) is 1. The molecule has 4 aliphatic rings. The number of hydrogen-bond acceptors (Lipinski definition) is 3. The summed E-state index contributed by atoms with van der Waals surface area (Å²) in [5, 5.41) is 14.9. The fraction of sp³-hybridized carbons (Fsp3) is 0.846. The Bertz CT molecular complexity index is 428. The summed E-state index contributed by atoms with van der Waals surface area (Å²) in [6.07, 6.45) is 5.51. The van der Waals surface area contributed by atoms with Crippen LogP contribution in [0.3, 0.4) is 0 Å². The molecule has 0 aromatic rings. The normalized spacial score (nSPS) is 46.7. The number of hydrogen-bond donors (Lipinski definition) is 3. The van der Waals surface area contributed by atoms with Crippen molar-refractivity contribution in [2.24, 2.45) is 40.0 Å². The molecule has 4 saturated carbocycles. The number of rotatable bonds is 3. The van der Waals surface area contributed by atoms with Gasteiger partial charge < -0.3 is 16.3 Å². The highest BCUT2D eigenvalue weighted by molar-refractivity contribution is 6.09. The molecule has 0 saturated heterocycles. The Hall–Kier alpha value is -1.26. The van der Waals surface area contributed by atoms with Crippen molar-refractivity contribution in [1.29, 1.82) is 0 Å². The molecule has 5 heteroatoms. The van der Waals surface area contributed by atoms with Crippen molar-refractivity contribution in [3.05, 3.63) is 0 Å². The lowest BCUT2D eigenvalue weighted by atomic mass is 10.0. The minimum Gasteiger partial charge on any atom is -0.409 e. The van der Waals surface area contributed by atoms with Crippen LogP contribution in [0, 0.1) is 29.1 Å². The van der Waals surface area contributed by atoms with E-state index in [1.807, 2.05) is 0 Å². The van der Waals surface area contributed by atoms with E-state index in [2.05, 4.69) is 10.5 Å². The third kappa shape index (κ3) is 1.17. The minimum atomic E-state index is -0.690. The van der Waals surface area contributed by atoms with Gasteiger partial charge in [0.1, 0.15) is 5.41 Å². The number of carbonyl (C=O) groups excluding carboxylic acids is 1. The van der Waals surface area contributed by atoms with Gasteiger partial charge in [0.05, 0.1) is 0 Å². The van der Waals surface area contributed by atoms with Gasteiger partial charge in [-0.1, -0.05) is 5.16 Å². The van der Waals surface area contributed by atoms with Gasteiger partial charge >= 0.3 is 0 Å². The third-order valence-electron chi connectivity index (χ3n) is 5.82. The Morgan fingerprint density at radius 3 is 2.39 bits per heavy atom. The first-order valence-corrected chi connectivity index (χ1v) is 6.96. The summed E-state index contributed by atoms with van der Waals surface area (Å²) in [5.41, 5.74) is 4.94. The summed E-state index contributed by atoms with van der Waals surface area (Å²) < 4.78 is 0. The van der Waals surface area contributed by atoms with E-state index in [9.17, 15) is 4.79 Å². The fourth-order valence-corrected chi connectivity index (χ4v) is 4.63. The number of oxime groups is 1. The zero-order valence-electron chi connectivity index (χ0n) is 10.3. The number of nitrogens with zero attached hydrogens (tertiary/aromatic N) is 1. The second-order valence-electron chi connectivity index (χ2n) is 6.55. The summed E-state index contributed by atoms with van der Waals surface area (Å²) in [5.74, 6) is 3.23. The molecule has 1 amide bonds. The average Bonchev–Trinajstić information content (AvgIpc) is 3.25. The van der Waals surface area contributed by atoms with E-state index in [1.165, 1.54) is 19.3 Å². The number of amides is 1. The van der Waals surface area contributed by atoms with Crippen LogP contribution in [0.5, 0.6) is 0 Å². The first kappa shape index (κ1) is 10.6. The quantitative estimate of drug-likeness (QED) is 0.297. The first-order valence-electron chi connectivity index (χ1n) is 6.96. The van der Waals surface area contributed by atoms with Gasteiger partial charge in [-0.25, -0.2) is 0 Å². The molecule has 4 atom stereocenters. The van der Waals surface area contributed by atoms with E-state index in [4.69, 9.17) is 10.9 Å². The van der Waals surface area contributed by atoms with Gasteiger partial charge in [-0.3, -0.25) is 4.79 Å². The largest absolute Gasteiger partial charge is 0.409 e. The summed E-state index contributed by atoms with van der Waals surface area (Å²) >= 11 is 0. The Balaban J connectivity index is 1.44. The van der Waals surface area contributed by atoms with Crippen molar-refractivity contribution in [2.75, 3.05) is 0 Å². The third-order valence-corrected chi connectivity index (χ3v) is 5.82. The Morgan fingerprint density at radius 1 is 1.28 bits per heavy atom. The maximum Gasteiger partial charge on any atom is 0.234 e. The SMILES string of the molecule is NC(=NO)C1(C(=O)NC2C3C4CCC(C4)C23)CC1. The molecule has 18 heavy (non-hydrogen) atoms. The second kappa shape index (κ2) is 3.19. The standard InChI is InChI=1S/C13H19N3O2/c14-11(16-18)13(3-4-13)12(17)15-10-8-6-1-2-7(5-6)9(8)10/h6-10,18H,1-5H2,(H2,14,16)(H,15,17). The van der Waals surface area contributed by atoms with Gasteiger partial charge in [0.15, 0.2) is 5.84 Å². The maximum absolute atomic E-state index is 12.3. The van der Waals surface area contributed by atoms with E-state index in [1.54, 1.807) is 0 Å². The molecular weight excluding hydrogens is 230 g/mol. The van der Waals surface area contributed by atoms with E-state index in [0.29, 0.717) is 18.9 Å². The number of fused-ring (bicyclic) bond motifs is 5. The monoisotopic (exact) mass is 249 g/mol. The second-order valence-corrected chi connectivity index (χ2v) is 6.55. The Labute approximate surface area is 106 Å². The number of carbonyl (C=O) groups is 1. The van der Waals surface area contributed by atoms with Crippen LogP contribution < -0.4 is 11.1 Å². The van der Waals surface area contributed by atoms with Crippen LogP contribution in [0.2, 0.25) is 0 Å². The van der Waals surface area contributed by atoms with Crippen molar-refractivity contribution in [1.82, 2.24) is 5.32 Å². The molecule has 0 aliphatic heterocycles. The summed E-state index contributed by atoms with van der Waals surface area (Å²) in [6.45, 7) is 0. The molecule has 4 N–H and O–H groups in total. The van der Waals surface area contributed by atoms with Crippen molar-refractivity contribution >= 4 is 11.7 Å². The van der Waals surface area contributed by atoms with Crippen molar-refractivity contribution < 1.29 is 10.0 Å². The van der Waals surface area contributed by atoms with E-state index in [-0.39, 0.29) is 11.7 Å². The topological polar surface area (TPSA) is 87.7 Å². The van der Waals surface area contributed by atoms with Crippen LogP contribution in [0.4, 0.5) is 0 Å². The zero-order valence-corrected chi connectivity index (χ0v) is 10.3. The van der Waals surface area contributed by atoms with Gasteiger partial charge in [-0.2, -0.15) is 0 Å². The Kier molecular flexibility index (Phi) is 1.89. The van der Waals surface area contributed by atoms with Crippen LogP contribution in [0.15, 0.2) is 5.16 Å². The molecular formula is C13H19N3O2.